The molecule has 0 aliphatic rings. The van der Waals surface area contributed by atoms with Crippen LogP contribution in [0.4, 0.5) is 0 Å². The first-order chi connectivity index (χ1) is 7.85. The fraction of sp³-hybridized carbons (Fsp3) is 0.667. The van der Waals surface area contributed by atoms with Crippen molar-refractivity contribution in [3.05, 3.63) is 23.8 Å². The van der Waals surface area contributed by atoms with E-state index in [1.807, 2.05) is 12.2 Å². The molecule has 1 nitrogen and oxygen atoms in total. The van der Waals surface area contributed by atoms with Crippen molar-refractivity contribution in [2.45, 2.75) is 65.2 Å². The molecule has 0 unspecified atom stereocenters. The van der Waals surface area contributed by atoms with E-state index in [9.17, 15) is 4.79 Å². The lowest BCUT2D eigenvalue weighted by atomic mass is 10.1. The Labute approximate surface area is 101 Å². The summed E-state index contributed by atoms with van der Waals surface area (Å²) in [6.45, 7) is 4.33. The van der Waals surface area contributed by atoms with Gasteiger partial charge in [0.25, 0.3) is 0 Å². The van der Waals surface area contributed by atoms with Gasteiger partial charge in [-0.25, -0.2) is 0 Å². The summed E-state index contributed by atoms with van der Waals surface area (Å²) >= 11 is 0. The Bertz CT molecular complexity index is 213. The predicted molar refractivity (Wildman–Crippen MR) is 71.6 cm³/mol. The van der Waals surface area contributed by atoms with Gasteiger partial charge in [-0.15, -0.1) is 0 Å². The molecule has 0 bridgehead atoms. The van der Waals surface area contributed by atoms with Crippen LogP contribution in [0.5, 0.6) is 0 Å². The van der Waals surface area contributed by atoms with Crippen LogP contribution in [0.25, 0.3) is 0 Å². The number of aldehydes is 1. The molecule has 0 rings (SSSR count). The van der Waals surface area contributed by atoms with Crippen LogP contribution in [0.1, 0.15) is 65.2 Å². The number of rotatable bonds is 10. The molecule has 0 aromatic rings. The number of carbonyl (C=O) groups is 1. The normalized spacial score (nSPS) is 12.2. The maximum Gasteiger partial charge on any atom is 0.146 e. The van der Waals surface area contributed by atoms with Gasteiger partial charge >= 0.3 is 0 Å². The topological polar surface area (TPSA) is 17.1 Å². The summed E-state index contributed by atoms with van der Waals surface area (Å²) in [5.74, 6) is 0. The lowest BCUT2D eigenvalue weighted by Gasteiger charge is -1.96. The molecule has 0 aliphatic carbocycles. The minimum absolute atomic E-state index is 0.893. The minimum atomic E-state index is 0.893. The molecule has 0 saturated heterocycles. The highest BCUT2D eigenvalue weighted by atomic mass is 16.1. The molecular formula is C15H26O. The number of allylic oxidation sites excluding steroid dienone is 4. The monoisotopic (exact) mass is 222 g/mol. The highest BCUT2D eigenvalue weighted by Gasteiger charge is 1.90. The van der Waals surface area contributed by atoms with E-state index < -0.39 is 0 Å². The molecule has 92 valence electrons. The van der Waals surface area contributed by atoms with E-state index in [1.165, 1.54) is 32.1 Å². The van der Waals surface area contributed by atoms with Gasteiger partial charge in [-0.05, 0) is 24.8 Å². The van der Waals surface area contributed by atoms with Crippen LogP contribution in [-0.2, 0) is 4.79 Å². The zero-order valence-corrected chi connectivity index (χ0v) is 10.9. The number of carbonyl (C=O) groups excluding carboxylic acids is 1. The van der Waals surface area contributed by atoms with E-state index in [0.717, 1.165) is 31.1 Å². The molecule has 0 aliphatic heterocycles. The predicted octanol–water partition coefficient (Wildman–Crippen LogP) is 4.83. The maximum absolute atomic E-state index is 10.6. The van der Waals surface area contributed by atoms with Gasteiger partial charge in [-0.1, -0.05) is 64.2 Å². The van der Waals surface area contributed by atoms with Crippen LogP contribution in [0.3, 0.4) is 0 Å². The second-order valence-electron chi connectivity index (χ2n) is 4.24. The van der Waals surface area contributed by atoms with Crippen LogP contribution < -0.4 is 0 Å². The first-order valence-electron chi connectivity index (χ1n) is 6.66. The van der Waals surface area contributed by atoms with Crippen molar-refractivity contribution < 1.29 is 4.79 Å². The number of hydrogen-bond acceptors (Lipinski definition) is 1. The van der Waals surface area contributed by atoms with Crippen molar-refractivity contribution in [1.29, 1.82) is 0 Å². The van der Waals surface area contributed by atoms with Gasteiger partial charge in [0, 0.05) is 0 Å². The quantitative estimate of drug-likeness (QED) is 0.224. The summed E-state index contributed by atoms with van der Waals surface area (Å²) in [4.78, 5) is 10.6. The highest BCUT2D eigenvalue weighted by molar-refractivity contribution is 5.73. The summed E-state index contributed by atoms with van der Waals surface area (Å²) in [5, 5.41) is 0. The zero-order valence-electron chi connectivity index (χ0n) is 10.9. The smallest absolute Gasteiger partial charge is 0.146 e. The Morgan fingerprint density at radius 2 is 1.75 bits per heavy atom. The van der Waals surface area contributed by atoms with Crippen molar-refractivity contribution in [1.82, 2.24) is 0 Å². The minimum Gasteiger partial charge on any atom is -0.298 e. The van der Waals surface area contributed by atoms with Crippen LogP contribution >= 0.6 is 0 Å². The molecule has 0 aromatic heterocycles. The van der Waals surface area contributed by atoms with Crippen LogP contribution in [-0.4, -0.2) is 6.29 Å². The summed E-state index contributed by atoms with van der Waals surface area (Å²) < 4.78 is 0. The van der Waals surface area contributed by atoms with E-state index in [-0.39, 0.29) is 0 Å². The molecule has 0 saturated carbocycles. The third kappa shape index (κ3) is 9.70. The van der Waals surface area contributed by atoms with Crippen LogP contribution in [0.2, 0.25) is 0 Å². The van der Waals surface area contributed by atoms with E-state index in [0.29, 0.717) is 0 Å². The lowest BCUT2D eigenvalue weighted by molar-refractivity contribution is -0.105. The molecule has 0 amide bonds. The first-order valence-corrected chi connectivity index (χ1v) is 6.66. The standard InChI is InChI=1S/C15H26O/c1-3-5-6-7-8-9-10-11-13-15(14-16)12-4-2/h10-11,13-14H,3-9,12H2,1-2H3. The van der Waals surface area contributed by atoms with E-state index in [2.05, 4.69) is 19.9 Å². The molecule has 0 radical (unpaired) electrons. The molecular weight excluding hydrogens is 196 g/mol. The van der Waals surface area contributed by atoms with Crippen molar-refractivity contribution >= 4 is 6.29 Å². The molecule has 0 atom stereocenters. The lowest BCUT2D eigenvalue weighted by Crippen LogP contribution is -1.82. The zero-order chi connectivity index (χ0) is 12.1. The van der Waals surface area contributed by atoms with Crippen molar-refractivity contribution in [3.63, 3.8) is 0 Å². The summed E-state index contributed by atoms with van der Waals surface area (Å²) in [6, 6.07) is 0. The average molecular weight is 222 g/mol. The molecule has 0 aromatic carbocycles. The molecule has 16 heavy (non-hydrogen) atoms. The Balaban J connectivity index is 3.55. The third-order valence-electron chi connectivity index (χ3n) is 2.61. The fourth-order valence-corrected chi connectivity index (χ4v) is 1.62. The van der Waals surface area contributed by atoms with E-state index >= 15 is 0 Å². The largest absolute Gasteiger partial charge is 0.298 e. The van der Waals surface area contributed by atoms with Gasteiger partial charge in [-0.3, -0.25) is 4.79 Å². The molecule has 0 fully saturated rings. The number of hydrogen-bond donors (Lipinski definition) is 0. The molecule has 0 heterocycles. The van der Waals surface area contributed by atoms with Gasteiger partial charge in [0.05, 0.1) is 0 Å². The number of unbranched alkanes of at least 4 members (excludes halogenated alkanes) is 5. The van der Waals surface area contributed by atoms with Gasteiger partial charge in [0.15, 0.2) is 0 Å². The average Bonchev–Trinajstić information content (AvgIpc) is 2.31. The fourth-order valence-electron chi connectivity index (χ4n) is 1.62. The Hall–Kier alpha value is -0.850. The van der Waals surface area contributed by atoms with E-state index in [4.69, 9.17) is 0 Å². The Kier molecular flexibility index (Phi) is 11.6. The summed E-state index contributed by atoms with van der Waals surface area (Å²) in [6.07, 6.45) is 16.8. The first kappa shape index (κ1) is 15.2. The van der Waals surface area contributed by atoms with Crippen molar-refractivity contribution in [2.75, 3.05) is 0 Å². The molecule has 0 N–H and O–H groups in total. The maximum atomic E-state index is 10.6. The second kappa shape index (κ2) is 12.2. The van der Waals surface area contributed by atoms with Crippen molar-refractivity contribution in [3.8, 4) is 0 Å². The second-order valence-corrected chi connectivity index (χ2v) is 4.24. The van der Waals surface area contributed by atoms with Crippen LogP contribution in [0, 0.1) is 0 Å². The Morgan fingerprint density at radius 3 is 2.38 bits per heavy atom. The van der Waals surface area contributed by atoms with E-state index in [1.54, 1.807) is 0 Å². The van der Waals surface area contributed by atoms with Crippen molar-refractivity contribution in [2.24, 2.45) is 0 Å². The van der Waals surface area contributed by atoms with Gasteiger partial charge in [-0.2, -0.15) is 0 Å². The van der Waals surface area contributed by atoms with Gasteiger partial charge in [0.1, 0.15) is 6.29 Å². The molecule has 1 heteroatoms. The molecule has 0 spiro atoms. The third-order valence-corrected chi connectivity index (χ3v) is 2.61. The highest BCUT2D eigenvalue weighted by Crippen LogP contribution is 2.06. The summed E-state index contributed by atoms with van der Waals surface area (Å²) in [5.41, 5.74) is 0.907. The Morgan fingerprint density at radius 1 is 1.00 bits per heavy atom. The van der Waals surface area contributed by atoms with Gasteiger partial charge in [0.2, 0.25) is 0 Å². The summed E-state index contributed by atoms with van der Waals surface area (Å²) in [7, 11) is 0. The van der Waals surface area contributed by atoms with Crippen LogP contribution in [0.15, 0.2) is 23.8 Å². The SMILES string of the molecule is CCCCCCCC=CC=C(C=O)CCC. The van der Waals surface area contributed by atoms with Gasteiger partial charge < -0.3 is 0 Å².